The van der Waals surface area contributed by atoms with E-state index in [0.717, 1.165) is 6.42 Å². The molecular formula is C12H13BrFN5O2. The summed E-state index contributed by atoms with van der Waals surface area (Å²) in [6.45, 7) is 2.37. The highest BCUT2D eigenvalue weighted by molar-refractivity contribution is 9.10. The number of halogens is 2. The number of aromatic nitrogens is 3. The summed E-state index contributed by atoms with van der Waals surface area (Å²) >= 11 is 3.23. The van der Waals surface area contributed by atoms with Crippen molar-refractivity contribution >= 4 is 21.9 Å². The van der Waals surface area contributed by atoms with Crippen LogP contribution < -0.4 is 20.7 Å². The van der Waals surface area contributed by atoms with Gasteiger partial charge < -0.3 is 9.47 Å². The highest BCUT2D eigenvalue weighted by Gasteiger charge is 2.12. The Hall–Kier alpha value is -2.00. The molecular weight excluding hydrogens is 345 g/mol. The number of nitrogen functional groups attached to an aromatic ring is 1. The molecule has 2 rings (SSSR count). The third kappa shape index (κ3) is 4.23. The van der Waals surface area contributed by atoms with E-state index in [1.807, 2.05) is 6.92 Å². The second kappa shape index (κ2) is 7.14. The van der Waals surface area contributed by atoms with Crippen LogP contribution in [0.1, 0.15) is 13.3 Å². The van der Waals surface area contributed by atoms with Crippen LogP contribution in [0.25, 0.3) is 0 Å². The maximum absolute atomic E-state index is 13.7. The van der Waals surface area contributed by atoms with Crippen LogP contribution in [0, 0.1) is 5.82 Å². The van der Waals surface area contributed by atoms with Gasteiger partial charge in [-0.25, -0.2) is 10.2 Å². The molecule has 0 atom stereocenters. The van der Waals surface area contributed by atoms with Crippen molar-refractivity contribution in [3.05, 3.63) is 28.5 Å². The molecule has 0 aliphatic rings. The maximum Gasteiger partial charge on any atom is 0.330 e. The van der Waals surface area contributed by atoms with Gasteiger partial charge in [0.05, 0.1) is 6.61 Å². The highest BCUT2D eigenvalue weighted by atomic mass is 79.9. The van der Waals surface area contributed by atoms with E-state index in [0.29, 0.717) is 11.1 Å². The molecule has 0 spiro atoms. The molecule has 7 nitrogen and oxygen atoms in total. The van der Waals surface area contributed by atoms with Gasteiger partial charge in [-0.3, -0.25) is 5.43 Å². The highest BCUT2D eigenvalue weighted by Crippen LogP contribution is 2.26. The molecule has 3 N–H and O–H groups in total. The monoisotopic (exact) mass is 357 g/mol. The minimum atomic E-state index is -0.545. The van der Waals surface area contributed by atoms with E-state index >= 15 is 0 Å². The van der Waals surface area contributed by atoms with Crippen LogP contribution in [0.5, 0.6) is 17.8 Å². The Labute approximate surface area is 128 Å². The molecule has 112 valence electrons. The van der Waals surface area contributed by atoms with Crippen LogP contribution in [-0.2, 0) is 0 Å². The number of nitrogens with zero attached hydrogens (tertiary/aromatic N) is 3. The van der Waals surface area contributed by atoms with E-state index in [2.05, 4.69) is 36.3 Å². The molecule has 0 unspecified atom stereocenters. The van der Waals surface area contributed by atoms with Gasteiger partial charge >= 0.3 is 12.0 Å². The Balaban J connectivity index is 2.27. The fourth-order valence-electron chi connectivity index (χ4n) is 1.36. The summed E-state index contributed by atoms with van der Waals surface area (Å²) in [6.07, 6.45) is 0.785. The molecule has 2 aromatic rings. The van der Waals surface area contributed by atoms with Crippen molar-refractivity contribution in [2.45, 2.75) is 13.3 Å². The van der Waals surface area contributed by atoms with Gasteiger partial charge in [-0.1, -0.05) is 22.9 Å². The summed E-state index contributed by atoms with van der Waals surface area (Å²) in [5.74, 6) is 4.75. The van der Waals surface area contributed by atoms with Crippen LogP contribution >= 0.6 is 15.9 Å². The lowest BCUT2D eigenvalue weighted by Gasteiger charge is -2.08. The summed E-state index contributed by atoms with van der Waals surface area (Å²) in [7, 11) is 0. The van der Waals surface area contributed by atoms with Crippen molar-refractivity contribution in [3.8, 4) is 17.8 Å². The Morgan fingerprint density at radius 1 is 1.29 bits per heavy atom. The van der Waals surface area contributed by atoms with Crippen LogP contribution in [0.15, 0.2) is 22.7 Å². The molecule has 0 bridgehead atoms. The quantitative estimate of drug-likeness (QED) is 0.605. The summed E-state index contributed by atoms with van der Waals surface area (Å²) < 4.78 is 24.9. The van der Waals surface area contributed by atoms with E-state index < -0.39 is 5.82 Å². The van der Waals surface area contributed by atoms with Crippen LogP contribution in [0.3, 0.4) is 0 Å². The van der Waals surface area contributed by atoms with Crippen molar-refractivity contribution in [1.82, 2.24) is 15.0 Å². The number of nitrogens with one attached hydrogen (secondary N) is 1. The lowest BCUT2D eigenvalue weighted by molar-refractivity contribution is 0.284. The van der Waals surface area contributed by atoms with E-state index in [4.69, 9.17) is 15.3 Å². The zero-order valence-electron chi connectivity index (χ0n) is 11.1. The van der Waals surface area contributed by atoms with Crippen molar-refractivity contribution < 1.29 is 13.9 Å². The van der Waals surface area contributed by atoms with E-state index in [-0.39, 0.29) is 23.7 Å². The maximum atomic E-state index is 13.7. The average molecular weight is 358 g/mol. The smallest absolute Gasteiger partial charge is 0.330 e. The van der Waals surface area contributed by atoms with Gasteiger partial charge in [-0.05, 0) is 24.6 Å². The molecule has 1 heterocycles. The Kier molecular flexibility index (Phi) is 5.23. The average Bonchev–Trinajstić information content (AvgIpc) is 2.48. The molecule has 1 aromatic carbocycles. The molecule has 1 aromatic heterocycles. The van der Waals surface area contributed by atoms with Crippen LogP contribution in [0.4, 0.5) is 10.3 Å². The second-order valence-corrected chi connectivity index (χ2v) is 4.81. The lowest BCUT2D eigenvalue weighted by Crippen LogP contribution is -2.13. The molecule has 0 fully saturated rings. The predicted molar refractivity (Wildman–Crippen MR) is 77.6 cm³/mol. The summed E-state index contributed by atoms with van der Waals surface area (Å²) in [4.78, 5) is 11.7. The number of rotatable bonds is 6. The number of hydrogen-bond acceptors (Lipinski definition) is 7. The van der Waals surface area contributed by atoms with E-state index in [1.165, 1.54) is 12.1 Å². The van der Waals surface area contributed by atoms with E-state index in [9.17, 15) is 4.39 Å². The summed E-state index contributed by atoms with van der Waals surface area (Å²) in [5, 5.41) is 0. The summed E-state index contributed by atoms with van der Waals surface area (Å²) in [5.41, 5.74) is 2.27. The van der Waals surface area contributed by atoms with Gasteiger partial charge in [0.2, 0.25) is 5.95 Å². The van der Waals surface area contributed by atoms with Crippen molar-refractivity contribution in [3.63, 3.8) is 0 Å². The first kappa shape index (κ1) is 15.4. The molecule has 0 radical (unpaired) electrons. The zero-order chi connectivity index (χ0) is 15.2. The van der Waals surface area contributed by atoms with Gasteiger partial charge in [0, 0.05) is 4.47 Å². The molecule has 0 aliphatic carbocycles. The van der Waals surface area contributed by atoms with Gasteiger partial charge in [0.1, 0.15) is 0 Å². The first-order valence-corrected chi connectivity index (χ1v) is 6.90. The van der Waals surface area contributed by atoms with E-state index in [1.54, 1.807) is 6.07 Å². The molecule has 0 saturated carbocycles. The predicted octanol–water partition coefficient (Wildman–Crippen LogP) is 2.64. The first-order chi connectivity index (χ1) is 10.1. The van der Waals surface area contributed by atoms with Gasteiger partial charge in [0.15, 0.2) is 11.6 Å². The van der Waals surface area contributed by atoms with Crippen molar-refractivity contribution in [2.24, 2.45) is 5.84 Å². The lowest BCUT2D eigenvalue weighted by atomic mass is 10.3. The fraction of sp³-hybridized carbons (Fsp3) is 0.250. The zero-order valence-corrected chi connectivity index (χ0v) is 12.7. The largest absolute Gasteiger partial charge is 0.463 e. The van der Waals surface area contributed by atoms with Crippen molar-refractivity contribution in [2.75, 3.05) is 12.0 Å². The van der Waals surface area contributed by atoms with Gasteiger partial charge in [0.25, 0.3) is 0 Å². The minimum Gasteiger partial charge on any atom is -0.463 e. The number of nitrogens with two attached hydrogens (primary N) is 1. The third-order valence-corrected chi connectivity index (χ3v) is 2.75. The summed E-state index contributed by atoms with van der Waals surface area (Å²) in [6, 6.07) is 4.20. The normalized spacial score (nSPS) is 10.3. The van der Waals surface area contributed by atoms with Crippen LogP contribution in [-0.4, -0.2) is 21.6 Å². The number of hydrogen-bond donors (Lipinski definition) is 2. The third-order valence-electron chi connectivity index (χ3n) is 2.25. The molecule has 0 saturated heterocycles. The molecule has 0 amide bonds. The molecule has 21 heavy (non-hydrogen) atoms. The Morgan fingerprint density at radius 3 is 2.76 bits per heavy atom. The number of anilines is 1. The van der Waals surface area contributed by atoms with Gasteiger partial charge in [-0.15, -0.1) is 4.98 Å². The molecule has 0 aliphatic heterocycles. The second-order valence-electron chi connectivity index (χ2n) is 3.89. The number of ether oxygens (including phenoxy) is 2. The molecule has 9 heteroatoms. The topological polar surface area (TPSA) is 95.2 Å². The standard InChI is InChI=1S/C12H13BrFN5O2/c1-2-5-20-11-16-10(19-15)17-12(18-11)21-9-6-7(13)3-4-8(9)14/h3-4,6H,2,5,15H2,1H3,(H,16,17,18,19). The fourth-order valence-corrected chi connectivity index (χ4v) is 1.70. The SMILES string of the molecule is CCCOc1nc(NN)nc(Oc2cc(Br)ccc2F)n1. The van der Waals surface area contributed by atoms with Crippen molar-refractivity contribution in [1.29, 1.82) is 0 Å². The van der Waals surface area contributed by atoms with Gasteiger partial charge in [-0.2, -0.15) is 9.97 Å². The Morgan fingerprint density at radius 2 is 2.05 bits per heavy atom. The minimum absolute atomic E-state index is 0.0278. The number of hydrazine groups is 1. The first-order valence-electron chi connectivity index (χ1n) is 6.10. The van der Waals surface area contributed by atoms with Crippen LogP contribution in [0.2, 0.25) is 0 Å². The number of benzene rings is 1. The Bertz CT molecular complexity index is 629.